The molecule has 0 spiro atoms. The third-order valence-corrected chi connectivity index (χ3v) is 8.88. The molecule has 0 aliphatic heterocycles. The van der Waals surface area contributed by atoms with Crippen molar-refractivity contribution in [2.45, 2.75) is 45.5 Å². The Labute approximate surface area is 146 Å². The normalized spacial score (nSPS) is 11.9. The second-order valence-electron chi connectivity index (χ2n) is 7.48. The van der Waals surface area contributed by atoms with Gasteiger partial charge in [0.05, 0.1) is 7.11 Å². The van der Waals surface area contributed by atoms with E-state index in [2.05, 4.69) is 33.9 Å². The van der Waals surface area contributed by atoms with E-state index in [9.17, 15) is 0 Å². The Morgan fingerprint density at radius 1 is 0.875 bits per heavy atom. The van der Waals surface area contributed by atoms with Crippen molar-refractivity contribution in [3.63, 3.8) is 0 Å². The van der Waals surface area contributed by atoms with E-state index < -0.39 is 8.32 Å². The van der Waals surface area contributed by atoms with Gasteiger partial charge in [0, 0.05) is 6.07 Å². The van der Waals surface area contributed by atoms with Gasteiger partial charge in [-0.25, -0.2) is 0 Å². The second-order valence-corrected chi connectivity index (χ2v) is 12.2. The van der Waals surface area contributed by atoms with Gasteiger partial charge in [0.1, 0.15) is 23.9 Å². The smallest absolute Gasteiger partial charge is 0.250 e. The van der Waals surface area contributed by atoms with Crippen LogP contribution < -0.4 is 13.9 Å². The van der Waals surface area contributed by atoms with E-state index in [1.54, 1.807) is 7.11 Å². The van der Waals surface area contributed by atoms with Crippen molar-refractivity contribution < 1.29 is 13.9 Å². The molecule has 0 N–H and O–H groups in total. The van der Waals surface area contributed by atoms with Crippen LogP contribution in [0.5, 0.6) is 17.2 Å². The number of ether oxygens (including phenoxy) is 2. The lowest BCUT2D eigenvalue weighted by atomic mass is 10.2. The highest BCUT2D eigenvalue weighted by atomic mass is 28.4. The Morgan fingerprint density at radius 3 is 2.17 bits per heavy atom. The molecule has 0 saturated carbocycles. The highest BCUT2D eigenvalue weighted by Gasteiger charge is 2.38. The number of benzene rings is 2. The molecular formula is C20H28O3Si. The van der Waals surface area contributed by atoms with Gasteiger partial charge in [-0.1, -0.05) is 39.0 Å². The minimum absolute atomic E-state index is 0.171. The van der Waals surface area contributed by atoms with Crippen LogP contribution in [0.4, 0.5) is 0 Å². The van der Waals surface area contributed by atoms with Crippen LogP contribution in [0.1, 0.15) is 26.3 Å². The Kier molecular flexibility index (Phi) is 5.60. The molecule has 0 aliphatic rings. The maximum absolute atomic E-state index is 6.33. The van der Waals surface area contributed by atoms with Crippen LogP contribution in [0.15, 0.2) is 48.5 Å². The van der Waals surface area contributed by atoms with Crippen molar-refractivity contribution in [1.82, 2.24) is 0 Å². The highest BCUT2D eigenvalue weighted by molar-refractivity contribution is 6.74. The molecule has 0 radical (unpaired) electrons. The van der Waals surface area contributed by atoms with Crippen LogP contribution in [0, 0.1) is 0 Å². The van der Waals surface area contributed by atoms with Crippen LogP contribution >= 0.6 is 0 Å². The summed E-state index contributed by atoms with van der Waals surface area (Å²) in [5.41, 5.74) is 1.07. The molecule has 24 heavy (non-hydrogen) atoms. The molecule has 0 bridgehead atoms. The fraction of sp³-hybridized carbons (Fsp3) is 0.400. The fourth-order valence-electron chi connectivity index (χ4n) is 2.00. The molecule has 0 aromatic heterocycles. The van der Waals surface area contributed by atoms with Crippen LogP contribution in [0.25, 0.3) is 0 Å². The molecular weight excluding hydrogens is 316 g/mol. The van der Waals surface area contributed by atoms with Crippen molar-refractivity contribution in [3.8, 4) is 17.2 Å². The number of methoxy groups -OCH3 is 1. The summed E-state index contributed by atoms with van der Waals surface area (Å²) in [6.07, 6.45) is 0. The second kappa shape index (κ2) is 7.30. The van der Waals surface area contributed by atoms with E-state index in [0.717, 1.165) is 22.8 Å². The molecule has 0 amide bonds. The quantitative estimate of drug-likeness (QED) is 0.633. The minimum atomic E-state index is -1.84. The average Bonchev–Trinajstić information content (AvgIpc) is 2.52. The van der Waals surface area contributed by atoms with E-state index in [1.807, 2.05) is 48.5 Å². The van der Waals surface area contributed by atoms with Gasteiger partial charge in [0.25, 0.3) is 0 Å². The summed E-state index contributed by atoms with van der Waals surface area (Å²) in [6, 6.07) is 15.8. The van der Waals surface area contributed by atoms with Gasteiger partial charge < -0.3 is 13.9 Å². The molecule has 4 heteroatoms. The summed E-state index contributed by atoms with van der Waals surface area (Å²) in [5, 5.41) is 0.171. The lowest BCUT2D eigenvalue weighted by molar-refractivity contribution is 0.304. The summed E-state index contributed by atoms with van der Waals surface area (Å²) in [7, 11) is -0.172. The summed E-state index contributed by atoms with van der Waals surface area (Å²) >= 11 is 0. The largest absolute Gasteiger partial charge is 0.543 e. The van der Waals surface area contributed by atoms with Gasteiger partial charge in [0.15, 0.2) is 0 Å². The zero-order valence-electron chi connectivity index (χ0n) is 15.6. The first-order valence-electron chi connectivity index (χ1n) is 8.26. The molecule has 0 fully saturated rings. The third kappa shape index (κ3) is 4.77. The SMILES string of the molecule is COc1cccc(COc2cccc(O[Si](C)(C)C(C)(C)C)c2)c1. The first kappa shape index (κ1) is 18.4. The van der Waals surface area contributed by atoms with Crippen LogP contribution in [-0.4, -0.2) is 15.4 Å². The van der Waals surface area contributed by atoms with E-state index in [4.69, 9.17) is 13.9 Å². The van der Waals surface area contributed by atoms with Crippen molar-refractivity contribution in [3.05, 3.63) is 54.1 Å². The molecule has 0 aliphatic carbocycles. The van der Waals surface area contributed by atoms with Gasteiger partial charge in [-0.3, -0.25) is 0 Å². The van der Waals surface area contributed by atoms with Gasteiger partial charge in [-0.05, 0) is 48.0 Å². The summed E-state index contributed by atoms with van der Waals surface area (Å²) < 4.78 is 17.5. The van der Waals surface area contributed by atoms with E-state index in [-0.39, 0.29) is 5.04 Å². The van der Waals surface area contributed by atoms with Crippen molar-refractivity contribution >= 4 is 8.32 Å². The zero-order chi connectivity index (χ0) is 17.8. The van der Waals surface area contributed by atoms with Gasteiger partial charge in [-0.2, -0.15) is 0 Å². The van der Waals surface area contributed by atoms with Crippen molar-refractivity contribution in [2.75, 3.05) is 7.11 Å². The Bertz CT molecular complexity index is 675. The zero-order valence-corrected chi connectivity index (χ0v) is 16.6. The summed E-state index contributed by atoms with van der Waals surface area (Å²) in [6.45, 7) is 11.7. The molecule has 3 nitrogen and oxygen atoms in total. The number of hydrogen-bond acceptors (Lipinski definition) is 3. The van der Waals surface area contributed by atoms with E-state index >= 15 is 0 Å². The standard InChI is InChI=1S/C20H28O3Si/c1-20(2,3)24(5,6)23-19-12-8-11-18(14-19)22-15-16-9-7-10-17(13-16)21-4/h7-14H,15H2,1-6H3. The maximum atomic E-state index is 6.33. The van der Waals surface area contributed by atoms with Gasteiger partial charge in [-0.15, -0.1) is 0 Å². The first-order chi connectivity index (χ1) is 11.2. The number of hydrogen-bond donors (Lipinski definition) is 0. The monoisotopic (exact) mass is 344 g/mol. The molecule has 2 rings (SSSR count). The lowest BCUT2D eigenvalue weighted by Crippen LogP contribution is -2.43. The topological polar surface area (TPSA) is 27.7 Å². The molecule has 0 heterocycles. The third-order valence-electron chi connectivity index (χ3n) is 4.52. The lowest BCUT2D eigenvalue weighted by Gasteiger charge is -2.36. The summed E-state index contributed by atoms with van der Waals surface area (Å²) in [4.78, 5) is 0. The molecule has 0 unspecified atom stereocenters. The number of rotatable bonds is 6. The molecule has 0 saturated heterocycles. The van der Waals surface area contributed by atoms with Crippen molar-refractivity contribution in [2.24, 2.45) is 0 Å². The Balaban J connectivity index is 2.05. The van der Waals surface area contributed by atoms with E-state index in [1.165, 1.54) is 0 Å². The predicted molar refractivity (Wildman–Crippen MR) is 102 cm³/mol. The minimum Gasteiger partial charge on any atom is -0.543 e. The summed E-state index contributed by atoms with van der Waals surface area (Å²) in [5.74, 6) is 2.53. The first-order valence-corrected chi connectivity index (χ1v) is 11.2. The van der Waals surface area contributed by atoms with E-state index in [0.29, 0.717) is 6.61 Å². The van der Waals surface area contributed by atoms with Crippen LogP contribution in [0.3, 0.4) is 0 Å². The highest BCUT2D eigenvalue weighted by Crippen LogP contribution is 2.37. The molecule has 2 aromatic carbocycles. The van der Waals surface area contributed by atoms with Gasteiger partial charge >= 0.3 is 0 Å². The predicted octanol–water partition coefficient (Wildman–Crippen LogP) is 5.66. The maximum Gasteiger partial charge on any atom is 0.250 e. The van der Waals surface area contributed by atoms with Crippen LogP contribution in [-0.2, 0) is 6.61 Å². The Hall–Kier alpha value is -1.94. The average molecular weight is 345 g/mol. The Morgan fingerprint density at radius 2 is 1.50 bits per heavy atom. The molecule has 0 atom stereocenters. The fourth-order valence-corrected chi connectivity index (χ4v) is 3.03. The molecule has 2 aromatic rings. The van der Waals surface area contributed by atoms with Crippen LogP contribution in [0.2, 0.25) is 18.1 Å². The molecule has 130 valence electrons. The van der Waals surface area contributed by atoms with Crippen molar-refractivity contribution in [1.29, 1.82) is 0 Å². The van der Waals surface area contributed by atoms with Gasteiger partial charge in [0.2, 0.25) is 8.32 Å².